The van der Waals surface area contributed by atoms with Crippen molar-refractivity contribution in [2.75, 3.05) is 25.4 Å². The molecule has 4 rings (SSSR count). The molecule has 1 aliphatic rings. The highest BCUT2D eigenvalue weighted by Crippen LogP contribution is 2.30. The fourth-order valence-corrected chi connectivity index (χ4v) is 3.92. The van der Waals surface area contributed by atoms with Crippen molar-refractivity contribution in [2.45, 2.75) is 58.3 Å². The van der Waals surface area contributed by atoms with E-state index < -0.39 is 5.97 Å². The summed E-state index contributed by atoms with van der Waals surface area (Å²) in [7, 11) is 1.78. The van der Waals surface area contributed by atoms with Gasteiger partial charge in [-0.05, 0) is 19.8 Å². The maximum Gasteiger partial charge on any atom is 0.315 e. The molecule has 1 saturated heterocycles. The van der Waals surface area contributed by atoms with Gasteiger partial charge in [0, 0.05) is 31.5 Å². The quantitative estimate of drug-likeness (QED) is 0.390. The number of anilines is 1. The van der Waals surface area contributed by atoms with Crippen LogP contribution in [0, 0.1) is 0 Å². The zero-order valence-corrected chi connectivity index (χ0v) is 21.2. The van der Waals surface area contributed by atoms with Crippen LogP contribution in [-0.2, 0) is 26.8 Å². The molecule has 13 heteroatoms. The first kappa shape index (κ1) is 25.2. The number of esters is 1. The summed E-state index contributed by atoms with van der Waals surface area (Å²) in [4.78, 5) is 39.2. The Morgan fingerprint density at radius 1 is 1.19 bits per heavy atom. The van der Waals surface area contributed by atoms with Crippen molar-refractivity contribution in [3.05, 3.63) is 17.9 Å². The number of nitrogen functional groups attached to an aromatic ring is 1. The van der Waals surface area contributed by atoms with Gasteiger partial charge < -0.3 is 19.8 Å². The molecular weight excluding hydrogens is 466 g/mol. The third-order valence-corrected chi connectivity index (χ3v) is 5.89. The van der Waals surface area contributed by atoms with Crippen molar-refractivity contribution >= 4 is 17.7 Å². The zero-order valence-electron chi connectivity index (χ0n) is 21.2. The first-order valence-corrected chi connectivity index (χ1v) is 11.9. The van der Waals surface area contributed by atoms with Crippen LogP contribution in [-0.4, -0.2) is 71.4 Å². The minimum atomic E-state index is -0.500. The summed E-state index contributed by atoms with van der Waals surface area (Å²) < 4.78 is 12.3. The van der Waals surface area contributed by atoms with Gasteiger partial charge in [0.2, 0.25) is 11.8 Å². The number of ether oxygens (including phenoxy) is 1. The SMILES string of the molecule is CCOC(=O)CC(=O)N1CCC(c2nc(-c3cnc(N)c(-c4nnc(C(C)(C)C)o4)n3)n(C)n2)CC1. The van der Waals surface area contributed by atoms with Crippen LogP contribution in [0.1, 0.15) is 64.6 Å². The largest absolute Gasteiger partial charge is 0.466 e. The monoisotopic (exact) mass is 497 g/mol. The highest BCUT2D eigenvalue weighted by Gasteiger charge is 2.29. The van der Waals surface area contributed by atoms with Crippen LogP contribution in [0.25, 0.3) is 23.1 Å². The molecule has 36 heavy (non-hydrogen) atoms. The molecule has 1 fully saturated rings. The van der Waals surface area contributed by atoms with Gasteiger partial charge >= 0.3 is 5.97 Å². The number of nitrogens with two attached hydrogens (primary N) is 1. The summed E-state index contributed by atoms with van der Waals surface area (Å²) in [6, 6.07) is 0. The number of hydrogen-bond acceptors (Lipinski definition) is 11. The molecule has 1 aliphatic heterocycles. The molecule has 0 saturated carbocycles. The second-order valence-electron chi connectivity index (χ2n) is 9.71. The normalized spacial score (nSPS) is 14.8. The van der Waals surface area contributed by atoms with Gasteiger partial charge in [-0.15, -0.1) is 10.2 Å². The van der Waals surface area contributed by atoms with Crippen molar-refractivity contribution in [3.8, 4) is 23.1 Å². The summed E-state index contributed by atoms with van der Waals surface area (Å²) >= 11 is 0. The zero-order chi connectivity index (χ0) is 26.0. The molecule has 192 valence electrons. The van der Waals surface area contributed by atoms with E-state index in [1.54, 1.807) is 23.6 Å². The van der Waals surface area contributed by atoms with E-state index in [9.17, 15) is 9.59 Å². The number of nitrogens with zero attached hydrogens (tertiary/aromatic N) is 8. The molecule has 0 unspecified atom stereocenters. The Kier molecular flexibility index (Phi) is 7.00. The maximum atomic E-state index is 12.3. The van der Waals surface area contributed by atoms with Crippen molar-refractivity contribution in [1.29, 1.82) is 0 Å². The van der Waals surface area contributed by atoms with Gasteiger partial charge in [-0.1, -0.05) is 20.8 Å². The lowest BCUT2D eigenvalue weighted by Crippen LogP contribution is -2.39. The number of rotatable bonds is 6. The van der Waals surface area contributed by atoms with Crippen LogP contribution in [0.4, 0.5) is 5.82 Å². The fourth-order valence-electron chi connectivity index (χ4n) is 3.92. The lowest BCUT2D eigenvalue weighted by atomic mass is 9.96. The number of aryl methyl sites for hydroxylation is 1. The van der Waals surface area contributed by atoms with Gasteiger partial charge in [0.05, 0.1) is 12.8 Å². The van der Waals surface area contributed by atoms with E-state index in [4.69, 9.17) is 19.9 Å². The Morgan fingerprint density at radius 3 is 2.56 bits per heavy atom. The Labute approximate surface area is 208 Å². The molecule has 3 aromatic rings. The van der Waals surface area contributed by atoms with Crippen LogP contribution in [0.3, 0.4) is 0 Å². The van der Waals surface area contributed by atoms with Gasteiger partial charge in [-0.25, -0.2) is 19.6 Å². The molecule has 0 radical (unpaired) electrons. The first-order chi connectivity index (χ1) is 17.1. The van der Waals surface area contributed by atoms with Crippen LogP contribution in [0.2, 0.25) is 0 Å². The molecular formula is C23H31N9O4. The first-order valence-electron chi connectivity index (χ1n) is 11.9. The van der Waals surface area contributed by atoms with Crippen LogP contribution in [0.5, 0.6) is 0 Å². The van der Waals surface area contributed by atoms with Gasteiger partial charge in [0.1, 0.15) is 12.1 Å². The van der Waals surface area contributed by atoms with Crippen LogP contribution < -0.4 is 5.73 Å². The van der Waals surface area contributed by atoms with Gasteiger partial charge in [-0.2, -0.15) is 5.10 Å². The summed E-state index contributed by atoms with van der Waals surface area (Å²) in [5.41, 5.74) is 6.50. The van der Waals surface area contributed by atoms with E-state index in [2.05, 4.69) is 25.3 Å². The van der Waals surface area contributed by atoms with Gasteiger partial charge in [0.25, 0.3) is 5.89 Å². The molecule has 0 bridgehead atoms. The van der Waals surface area contributed by atoms with E-state index in [1.807, 2.05) is 20.8 Å². The molecule has 2 N–H and O–H groups in total. The van der Waals surface area contributed by atoms with E-state index in [1.165, 1.54) is 6.20 Å². The van der Waals surface area contributed by atoms with Gasteiger partial charge in [0.15, 0.2) is 23.2 Å². The Bertz CT molecular complexity index is 1250. The molecule has 4 heterocycles. The van der Waals surface area contributed by atoms with E-state index in [0.29, 0.717) is 49.2 Å². The Balaban J connectivity index is 1.49. The molecule has 3 aromatic heterocycles. The standard InChI is InChI=1S/C23H31N9O4/c1-6-35-16(34)11-15(33)32-9-7-13(8-10-32)19-27-20(31(5)30-19)14-12-25-18(24)17(26-14)21-28-29-22(36-21)23(2,3)4/h12-13H,6-11H2,1-5H3,(H2,24,25). The number of hydrogen-bond donors (Lipinski definition) is 1. The summed E-state index contributed by atoms with van der Waals surface area (Å²) in [6.07, 6.45) is 2.67. The van der Waals surface area contributed by atoms with Crippen LogP contribution in [0.15, 0.2) is 10.6 Å². The second-order valence-corrected chi connectivity index (χ2v) is 9.71. The van der Waals surface area contributed by atoms with Crippen molar-refractivity contribution in [3.63, 3.8) is 0 Å². The molecule has 13 nitrogen and oxygen atoms in total. The molecule has 0 aliphatic carbocycles. The van der Waals surface area contributed by atoms with E-state index in [-0.39, 0.29) is 47.7 Å². The number of carbonyl (C=O) groups is 2. The second kappa shape index (κ2) is 9.99. The smallest absolute Gasteiger partial charge is 0.315 e. The number of likely N-dealkylation sites (tertiary alicyclic amines) is 1. The Hall–Kier alpha value is -3.90. The summed E-state index contributed by atoms with van der Waals surface area (Å²) in [5, 5.41) is 12.8. The fraction of sp³-hybridized carbons (Fsp3) is 0.565. The predicted octanol–water partition coefficient (Wildman–Crippen LogP) is 1.86. The lowest BCUT2D eigenvalue weighted by molar-refractivity contribution is -0.149. The highest BCUT2D eigenvalue weighted by atomic mass is 16.5. The highest BCUT2D eigenvalue weighted by molar-refractivity contribution is 5.94. The summed E-state index contributed by atoms with van der Waals surface area (Å²) in [6.45, 7) is 8.93. The number of piperidine rings is 1. The molecule has 0 spiro atoms. The van der Waals surface area contributed by atoms with E-state index >= 15 is 0 Å². The third-order valence-electron chi connectivity index (χ3n) is 5.89. The number of amides is 1. The topological polar surface area (TPSA) is 168 Å². The minimum Gasteiger partial charge on any atom is -0.466 e. The maximum absolute atomic E-state index is 12.3. The Morgan fingerprint density at radius 2 is 1.92 bits per heavy atom. The molecule has 1 amide bonds. The summed E-state index contributed by atoms with van der Waals surface area (Å²) in [5.74, 6) is 1.37. The minimum absolute atomic E-state index is 0.0723. The van der Waals surface area contributed by atoms with Crippen molar-refractivity contribution < 1.29 is 18.7 Å². The van der Waals surface area contributed by atoms with Crippen LogP contribution >= 0.6 is 0 Å². The average Bonchev–Trinajstić information content (AvgIpc) is 3.47. The van der Waals surface area contributed by atoms with E-state index in [0.717, 1.165) is 0 Å². The van der Waals surface area contributed by atoms with Gasteiger partial charge in [-0.3, -0.25) is 9.59 Å². The third kappa shape index (κ3) is 5.34. The predicted molar refractivity (Wildman–Crippen MR) is 128 cm³/mol. The number of aromatic nitrogens is 7. The van der Waals surface area contributed by atoms with Crippen molar-refractivity contribution in [2.24, 2.45) is 7.05 Å². The lowest BCUT2D eigenvalue weighted by Gasteiger charge is -2.30. The molecule has 0 atom stereocenters. The number of carbonyl (C=O) groups excluding carboxylic acids is 2. The molecule has 0 aromatic carbocycles. The van der Waals surface area contributed by atoms with Crippen molar-refractivity contribution in [1.82, 2.24) is 39.8 Å². The average molecular weight is 498 g/mol.